The summed E-state index contributed by atoms with van der Waals surface area (Å²) < 4.78 is 4.53. The molecule has 2 amide bonds. The lowest BCUT2D eigenvalue weighted by Gasteiger charge is -2.13. The predicted molar refractivity (Wildman–Crippen MR) is 104 cm³/mol. The van der Waals surface area contributed by atoms with Gasteiger partial charge in [0.1, 0.15) is 11.7 Å². The van der Waals surface area contributed by atoms with Crippen molar-refractivity contribution in [1.82, 2.24) is 29.3 Å². The Kier molecular flexibility index (Phi) is 5.23. The molecule has 1 unspecified atom stereocenters. The Morgan fingerprint density at radius 1 is 1.07 bits per heavy atom. The summed E-state index contributed by atoms with van der Waals surface area (Å²) in [4.78, 5) is 25.4. The van der Waals surface area contributed by atoms with E-state index in [4.69, 9.17) is 11.6 Å². The Balaban J connectivity index is 1.79. The van der Waals surface area contributed by atoms with Gasteiger partial charge in [0.25, 0.3) is 5.91 Å². The summed E-state index contributed by atoms with van der Waals surface area (Å²) in [6.45, 7) is 5.29. The van der Waals surface area contributed by atoms with Crippen LogP contribution in [0.1, 0.15) is 34.8 Å². The third-order valence-electron chi connectivity index (χ3n) is 4.53. The van der Waals surface area contributed by atoms with Gasteiger partial charge in [-0.05, 0) is 20.8 Å². The molecular formula is C17H21ClN8O2. The van der Waals surface area contributed by atoms with Gasteiger partial charge in [-0.25, -0.2) is 0 Å². The quantitative estimate of drug-likeness (QED) is 0.676. The van der Waals surface area contributed by atoms with Crippen LogP contribution in [-0.4, -0.2) is 41.2 Å². The molecule has 28 heavy (non-hydrogen) atoms. The summed E-state index contributed by atoms with van der Waals surface area (Å²) in [5.74, 6) is -0.754. The Hall–Kier alpha value is -3.14. The first-order valence-electron chi connectivity index (χ1n) is 8.53. The van der Waals surface area contributed by atoms with Crippen molar-refractivity contribution in [3.63, 3.8) is 0 Å². The highest BCUT2D eigenvalue weighted by Gasteiger charge is 2.23. The topological polar surface area (TPSA) is 112 Å². The highest BCUT2D eigenvalue weighted by molar-refractivity contribution is 6.31. The zero-order valence-electron chi connectivity index (χ0n) is 16.2. The van der Waals surface area contributed by atoms with E-state index in [-0.39, 0.29) is 11.6 Å². The van der Waals surface area contributed by atoms with Crippen molar-refractivity contribution in [3.05, 3.63) is 40.7 Å². The number of nitrogens with one attached hydrogen (secondary N) is 2. The predicted octanol–water partition coefficient (Wildman–Crippen LogP) is 2.07. The van der Waals surface area contributed by atoms with Gasteiger partial charge in [0, 0.05) is 20.3 Å². The first kappa shape index (κ1) is 19.6. The minimum atomic E-state index is -0.622. The fourth-order valence-corrected chi connectivity index (χ4v) is 2.75. The van der Waals surface area contributed by atoms with Gasteiger partial charge >= 0.3 is 0 Å². The molecular weight excluding hydrogens is 384 g/mol. The highest BCUT2D eigenvalue weighted by Crippen LogP contribution is 2.21. The summed E-state index contributed by atoms with van der Waals surface area (Å²) in [6, 6.07) is -0.622. The maximum atomic E-state index is 12.8. The molecule has 10 nitrogen and oxygen atoms in total. The number of aromatic nitrogens is 6. The van der Waals surface area contributed by atoms with Crippen LogP contribution in [0.3, 0.4) is 0 Å². The fraction of sp³-hybridized carbons (Fsp3) is 0.353. The molecule has 0 aliphatic carbocycles. The SMILES string of the molecule is Cc1nn(C(C)C(=O)Nc2cnn(C)c2C(=O)Nc2cnn(C)c2C)cc1Cl. The van der Waals surface area contributed by atoms with Crippen LogP contribution in [0.25, 0.3) is 0 Å². The Morgan fingerprint density at radius 3 is 2.29 bits per heavy atom. The zero-order valence-corrected chi connectivity index (χ0v) is 16.9. The molecule has 3 heterocycles. The van der Waals surface area contributed by atoms with Crippen LogP contribution in [0, 0.1) is 13.8 Å². The van der Waals surface area contributed by atoms with Crippen molar-refractivity contribution < 1.29 is 9.59 Å². The molecule has 0 bridgehead atoms. The van der Waals surface area contributed by atoms with E-state index < -0.39 is 11.9 Å². The van der Waals surface area contributed by atoms with Crippen LogP contribution >= 0.6 is 11.6 Å². The second-order valence-corrected chi connectivity index (χ2v) is 6.87. The van der Waals surface area contributed by atoms with Gasteiger partial charge in [0.2, 0.25) is 5.91 Å². The van der Waals surface area contributed by atoms with E-state index in [1.807, 2.05) is 6.92 Å². The lowest BCUT2D eigenvalue weighted by Crippen LogP contribution is -2.26. The molecule has 3 rings (SSSR count). The molecule has 0 saturated heterocycles. The Morgan fingerprint density at radius 2 is 1.71 bits per heavy atom. The molecule has 1 atom stereocenters. The van der Waals surface area contributed by atoms with Crippen LogP contribution in [0.2, 0.25) is 5.02 Å². The summed E-state index contributed by atoms with van der Waals surface area (Å²) in [6.07, 6.45) is 4.58. The number of rotatable bonds is 5. The standard InChI is InChI=1S/C17H21ClN8O2/c1-9-12(18)8-26(23-9)11(3)16(27)22-14-7-20-25(5)15(14)17(28)21-13-6-19-24(4)10(13)2/h6-8,11H,1-5H3,(H,21,28)(H,22,27). The number of nitrogens with zero attached hydrogens (tertiary/aromatic N) is 6. The van der Waals surface area contributed by atoms with Gasteiger partial charge in [0.05, 0.1) is 40.2 Å². The van der Waals surface area contributed by atoms with E-state index in [1.165, 1.54) is 15.6 Å². The van der Waals surface area contributed by atoms with Crippen molar-refractivity contribution in [2.24, 2.45) is 14.1 Å². The zero-order chi connectivity index (χ0) is 20.6. The van der Waals surface area contributed by atoms with Gasteiger partial charge in [-0.1, -0.05) is 11.6 Å². The van der Waals surface area contributed by atoms with E-state index in [2.05, 4.69) is 25.9 Å². The number of anilines is 2. The van der Waals surface area contributed by atoms with Gasteiger partial charge in [-0.3, -0.25) is 23.6 Å². The molecule has 3 aromatic rings. The van der Waals surface area contributed by atoms with Gasteiger partial charge in [-0.15, -0.1) is 0 Å². The second kappa shape index (κ2) is 7.47. The number of amides is 2. The van der Waals surface area contributed by atoms with Crippen molar-refractivity contribution in [3.8, 4) is 0 Å². The summed E-state index contributed by atoms with van der Waals surface area (Å²) in [5.41, 5.74) is 2.54. The average molecular weight is 405 g/mol. The third-order valence-corrected chi connectivity index (χ3v) is 4.90. The smallest absolute Gasteiger partial charge is 0.276 e. The first-order valence-corrected chi connectivity index (χ1v) is 8.91. The molecule has 0 radical (unpaired) electrons. The number of hydrogen-bond acceptors (Lipinski definition) is 5. The maximum absolute atomic E-state index is 12.8. The van der Waals surface area contributed by atoms with Crippen LogP contribution < -0.4 is 10.6 Å². The van der Waals surface area contributed by atoms with E-state index in [1.54, 1.807) is 45.0 Å². The molecule has 2 N–H and O–H groups in total. The van der Waals surface area contributed by atoms with Crippen LogP contribution in [0.4, 0.5) is 11.4 Å². The number of carbonyl (C=O) groups is 2. The molecule has 0 spiro atoms. The van der Waals surface area contributed by atoms with Crippen molar-refractivity contribution in [2.75, 3.05) is 10.6 Å². The summed E-state index contributed by atoms with van der Waals surface area (Å²) >= 11 is 6.01. The number of halogens is 1. The lowest BCUT2D eigenvalue weighted by molar-refractivity contribution is -0.119. The van der Waals surface area contributed by atoms with Gasteiger partial charge in [0.15, 0.2) is 0 Å². The molecule has 0 saturated carbocycles. The van der Waals surface area contributed by atoms with E-state index >= 15 is 0 Å². The largest absolute Gasteiger partial charge is 0.321 e. The highest BCUT2D eigenvalue weighted by atomic mass is 35.5. The molecule has 0 fully saturated rings. The van der Waals surface area contributed by atoms with Gasteiger partial charge < -0.3 is 10.6 Å². The minimum Gasteiger partial charge on any atom is -0.321 e. The molecule has 0 aliphatic rings. The van der Waals surface area contributed by atoms with Crippen molar-refractivity contribution in [1.29, 1.82) is 0 Å². The molecule has 0 aromatic carbocycles. The number of carbonyl (C=O) groups excluding carboxylic acids is 2. The van der Waals surface area contributed by atoms with E-state index in [9.17, 15) is 9.59 Å². The molecule has 0 aliphatic heterocycles. The van der Waals surface area contributed by atoms with Crippen LogP contribution in [0.15, 0.2) is 18.6 Å². The monoisotopic (exact) mass is 404 g/mol. The minimum absolute atomic E-state index is 0.221. The van der Waals surface area contributed by atoms with Crippen LogP contribution in [0.5, 0.6) is 0 Å². The fourth-order valence-electron chi connectivity index (χ4n) is 2.62. The second-order valence-electron chi connectivity index (χ2n) is 6.46. The average Bonchev–Trinajstić information content (AvgIpc) is 3.28. The Bertz CT molecular complexity index is 1030. The maximum Gasteiger partial charge on any atom is 0.276 e. The third kappa shape index (κ3) is 3.63. The molecule has 148 valence electrons. The van der Waals surface area contributed by atoms with E-state index in [0.29, 0.717) is 22.1 Å². The van der Waals surface area contributed by atoms with Crippen molar-refractivity contribution in [2.45, 2.75) is 26.8 Å². The first-order chi connectivity index (χ1) is 13.2. The molecule has 11 heteroatoms. The number of aryl methyl sites for hydroxylation is 3. The summed E-state index contributed by atoms with van der Waals surface area (Å²) in [5, 5.41) is 18.4. The van der Waals surface area contributed by atoms with Crippen LogP contribution in [-0.2, 0) is 18.9 Å². The Labute approximate surface area is 166 Å². The van der Waals surface area contributed by atoms with Crippen molar-refractivity contribution >= 4 is 34.8 Å². The summed E-state index contributed by atoms with van der Waals surface area (Å²) in [7, 11) is 3.41. The normalized spacial score (nSPS) is 12.1. The van der Waals surface area contributed by atoms with E-state index in [0.717, 1.165) is 5.69 Å². The lowest BCUT2D eigenvalue weighted by atomic mass is 10.2. The molecule has 3 aromatic heterocycles. The van der Waals surface area contributed by atoms with Gasteiger partial charge in [-0.2, -0.15) is 15.3 Å². The number of hydrogen-bond donors (Lipinski definition) is 2.